The molecular formula is C16H19ClN6O2. The van der Waals surface area contributed by atoms with Crippen LogP contribution in [0.5, 0.6) is 5.75 Å². The van der Waals surface area contributed by atoms with Crippen LogP contribution in [0.4, 0.5) is 5.82 Å². The molecule has 0 spiro atoms. The highest BCUT2D eigenvalue weighted by atomic mass is 35.5. The van der Waals surface area contributed by atoms with Gasteiger partial charge in [0.05, 0.1) is 12.5 Å². The van der Waals surface area contributed by atoms with E-state index < -0.39 is 0 Å². The van der Waals surface area contributed by atoms with Crippen molar-refractivity contribution in [3.63, 3.8) is 0 Å². The number of nitrogens with zero attached hydrogens (tertiary/aromatic N) is 2. The number of aromatic amines is 2. The van der Waals surface area contributed by atoms with Gasteiger partial charge in [0.1, 0.15) is 17.3 Å². The van der Waals surface area contributed by atoms with Crippen molar-refractivity contribution in [2.75, 3.05) is 25.5 Å². The van der Waals surface area contributed by atoms with E-state index in [1.54, 1.807) is 7.11 Å². The number of aromatic nitrogens is 4. The standard InChI is InChI=1S/C16H18N6O2.ClH/c1-24-12-4-2-3-9-7-11(14-20-16(23)22-21-14)19-15(13(9)12)18-10-5-6-17-8-10;/h2-4,7,10,17H,5-6,8H2,1H3,(H,18,19)(H2,20,21,22,23);1H. The summed E-state index contributed by atoms with van der Waals surface area (Å²) < 4.78 is 5.51. The van der Waals surface area contributed by atoms with Gasteiger partial charge in [0, 0.05) is 12.6 Å². The van der Waals surface area contributed by atoms with Crippen molar-refractivity contribution in [3.8, 4) is 17.3 Å². The molecular weight excluding hydrogens is 344 g/mol. The molecule has 4 N–H and O–H groups in total. The second-order valence-electron chi connectivity index (χ2n) is 5.77. The number of hydrogen-bond donors (Lipinski definition) is 4. The Morgan fingerprint density at radius 2 is 2.24 bits per heavy atom. The van der Waals surface area contributed by atoms with E-state index in [1.165, 1.54) is 0 Å². The van der Waals surface area contributed by atoms with E-state index in [-0.39, 0.29) is 18.1 Å². The van der Waals surface area contributed by atoms with Gasteiger partial charge in [-0.05, 0) is 30.5 Å². The molecule has 3 heterocycles. The zero-order valence-corrected chi connectivity index (χ0v) is 14.4. The molecule has 1 fully saturated rings. The topological polar surface area (TPSA) is 108 Å². The molecule has 1 saturated heterocycles. The highest BCUT2D eigenvalue weighted by Gasteiger charge is 2.19. The van der Waals surface area contributed by atoms with Crippen LogP contribution in [-0.4, -0.2) is 46.4 Å². The Balaban J connectivity index is 0.00000182. The molecule has 132 valence electrons. The van der Waals surface area contributed by atoms with Gasteiger partial charge < -0.3 is 15.4 Å². The molecule has 1 aromatic carbocycles. The Morgan fingerprint density at radius 1 is 1.36 bits per heavy atom. The van der Waals surface area contributed by atoms with Crippen molar-refractivity contribution in [2.24, 2.45) is 0 Å². The van der Waals surface area contributed by atoms with Gasteiger partial charge >= 0.3 is 5.69 Å². The minimum atomic E-state index is -0.355. The Labute approximate surface area is 149 Å². The molecule has 0 bridgehead atoms. The maximum absolute atomic E-state index is 11.3. The lowest BCUT2D eigenvalue weighted by molar-refractivity contribution is 0.420. The predicted molar refractivity (Wildman–Crippen MR) is 98.6 cm³/mol. The van der Waals surface area contributed by atoms with Gasteiger partial charge in [-0.15, -0.1) is 12.4 Å². The smallest absolute Gasteiger partial charge is 0.340 e. The first kappa shape index (κ1) is 17.2. The van der Waals surface area contributed by atoms with Gasteiger partial charge in [0.15, 0.2) is 5.82 Å². The van der Waals surface area contributed by atoms with E-state index in [0.717, 1.165) is 41.9 Å². The maximum Gasteiger partial charge on any atom is 0.340 e. The van der Waals surface area contributed by atoms with Crippen LogP contribution in [0.25, 0.3) is 22.3 Å². The third-order valence-corrected chi connectivity index (χ3v) is 4.18. The van der Waals surface area contributed by atoms with E-state index >= 15 is 0 Å². The number of pyridine rings is 1. The summed E-state index contributed by atoms with van der Waals surface area (Å²) >= 11 is 0. The van der Waals surface area contributed by atoms with E-state index in [4.69, 9.17) is 4.74 Å². The number of halogens is 1. The van der Waals surface area contributed by atoms with Crippen molar-refractivity contribution < 1.29 is 4.74 Å². The molecule has 1 aliphatic rings. The van der Waals surface area contributed by atoms with Crippen LogP contribution in [0, 0.1) is 0 Å². The second-order valence-corrected chi connectivity index (χ2v) is 5.77. The van der Waals surface area contributed by atoms with Crippen molar-refractivity contribution >= 4 is 29.0 Å². The van der Waals surface area contributed by atoms with Crippen LogP contribution < -0.4 is 21.1 Å². The Kier molecular flexibility index (Phi) is 4.91. The van der Waals surface area contributed by atoms with Gasteiger partial charge in [-0.25, -0.2) is 14.9 Å². The summed E-state index contributed by atoms with van der Waals surface area (Å²) in [6.07, 6.45) is 1.03. The molecule has 1 atom stereocenters. The van der Waals surface area contributed by atoms with Gasteiger partial charge in [0.25, 0.3) is 0 Å². The van der Waals surface area contributed by atoms with Gasteiger partial charge in [-0.2, -0.15) is 5.10 Å². The average Bonchev–Trinajstić information content (AvgIpc) is 3.25. The average molecular weight is 363 g/mol. The Bertz CT molecular complexity index is 932. The number of benzene rings is 1. The number of methoxy groups -OCH3 is 1. The van der Waals surface area contributed by atoms with Crippen molar-refractivity contribution in [3.05, 3.63) is 34.7 Å². The molecule has 9 heteroatoms. The lowest BCUT2D eigenvalue weighted by Crippen LogP contribution is -2.23. The molecule has 1 unspecified atom stereocenters. The lowest BCUT2D eigenvalue weighted by Gasteiger charge is -2.17. The maximum atomic E-state index is 11.3. The summed E-state index contributed by atoms with van der Waals surface area (Å²) in [5.41, 5.74) is 0.245. The van der Waals surface area contributed by atoms with Gasteiger partial charge in [-0.3, -0.25) is 4.98 Å². The molecule has 0 radical (unpaired) electrons. The third kappa shape index (κ3) is 3.31. The number of fused-ring (bicyclic) bond motifs is 1. The van der Waals surface area contributed by atoms with Crippen LogP contribution in [-0.2, 0) is 0 Å². The normalized spacial score (nSPS) is 16.6. The number of rotatable bonds is 4. The fourth-order valence-corrected chi connectivity index (χ4v) is 3.04. The second kappa shape index (κ2) is 7.12. The first-order chi connectivity index (χ1) is 11.7. The molecule has 25 heavy (non-hydrogen) atoms. The van der Waals surface area contributed by atoms with Crippen LogP contribution in [0.1, 0.15) is 6.42 Å². The van der Waals surface area contributed by atoms with Crippen LogP contribution in [0.15, 0.2) is 29.1 Å². The van der Waals surface area contributed by atoms with Crippen LogP contribution in [0.2, 0.25) is 0 Å². The molecule has 0 aliphatic carbocycles. The highest BCUT2D eigenvalue weighted by Crippen LogP contribution is 2.34. The molecule has 4 rings (SSSR count). The fraction of sp³-hybridized carbons (Fsp3) is 0.312. The van der Waals surface area contributed by atoms with E-state index in [0.29, 0.717) is 17.6 Å². The summed E-state index contributed by atoms with van der Waals surface area (Å²) in [5.74, 6) is 1.91. The minimum absolute atomic E-state index is 0. The van der Waals surface area contributed by atoms with Crippen LogP contribution in [0.3, 0.4) is 0 Å². The zero-order valence-electron chi connectivity index (χ0n) is 13.6. The molecule has 0 amide bonds. The van der Waals surface area contributed by atoms with Gasteiger partial charge in [0.2, 0.25) is 0 Å². The summed E-state index contributed by atoms with van der Waals surface area (Å²) in [5, 5.41) is 15.1. The Morgan fingerprint density at radius 3 is 2.92 bits per heavy atom. The quantitative estimate of drug-likeness (QED) is 0.560. The number of hydrogen-bond acceptors (Lipinski definition) is 6. The Hall–Kier alpha value is -2.58. The van der Waals surface area contributed by atoms with E-state index in [2.05, 4.69) is 30.8 Å². The molecule has 8 nitrogen and oxygen atoms in total. The first-order valence-corrected chi connectivity index (χ1v) is 7.84. The third-order valence-electron chi connectivity index (χ3n) is 4.18. The van der Waals surface area contributed by atoms with E-state index in [1.807, 2.05) is 24.3 Å². The first-order valence-electron chi connectivity index (χ1n) is 7.84. The van der Waals surface area contributed by atoms with Crippen molar-refractivity contribution in [1.29, 1.82) is 0 Å². The number of nitrogens with one attached hydrogen (secondary N) is 4. The summed E-state index contributed by atoms with van der Waals surface area (Å²) in [6, 6.07) is 8.03. The van der Waals surface area contributed by atoms with Gasteiger partial charge in [-0.1, -0.05) is 12.1 Å². The van der Waals surface area contributed by atoms with Crippen molar-refractivity contribution in [1.82, 2.24) is 25.5 Å². The molecule has 3 aromatic rings. The molecule has 1 aliphatic heterocycles. The summed E-state index contributed by atoms with van der Waals surface area (Å²) in [6.45, 7) is 1.88. The largest absolute Gasteiger partial charge is 0.496 e. The van der Waals surface area contributed by atoms with E-state index in [9.17, 15) is 4.79 Å². The zero-order chi connectivity index (χ0) is 16.5. The fourth-order valence-electron chi connectivity index (χ4n) is 3.04. The SMILES string of the molecule is COc1cccc2cc(-c3n[nH]c(=O)[nH]3)nc(NC3CCNC3)c12.Cl. The number of H-pyrrole nitrogens is 2. The molecule has 0 saturated carbocycles. The number of ether oxygens (including phenoxy) is 1. The summed E-state index contributed by atoms with van der Waals surface area (Å²) in [7, 11) is 1.65. The van der Waals surface area contributed by atoms with Crippen molar-refractivity contribution in [2.45, 2.75) is 12.5 Å². The summed E-state index contributed by atoms with van der Waals surface area (Å²) in [4.78, 5) is 18.7. The highest BCUT2D eigenvalue weighted by molar-refractivity contribution is 5.98. The number of anilines is 1. The monoisotopic (exact) mass is 362 g/mol. The molecule has 2 aromatic heterocycles. The van der Waals surface area contributed by atoms with Crippen LogP contribution >= 0.6 is 12.4 Å². The minimum Gasteiger partial charge on any atom is -0.496 e. The predicted octanol–water partition coefficient (Wildman–Crippen LogP) is 1.52. The lowest BCUT2D eigenvalue weighted by atomic mass is 10.1.